The Bertz CT molecular complexity index is 523. The van der Waals surface area contributed by atoms with E-state index in [1.807, 2.05) is 0 Å². The van der Waals surface area contributed by atoms with Gasteiger partial charge >= 0.3 is 0 Å². The molecular formula is C15H17NO. The van der Waals surface area contributed by atoms with E-state index in [2.05, 4.69) is 42.5 Å². The lowest BCUT2D eigenvalue weighted by molar-refractivity contribution is 0.000223. The summed E-state index contributed by atoms with van der Waals surface area (Å²) >= 11 is 0. The average molecular weight is 227 g/mol. The lowest BCUT2D eigenvalue weighted by Crippen LogP contribution is -2.34. The Morgan fingerprint density at radius 3 is 2.71 bits per heavy atom. The van der Waals surface area contributed by atoms with Crippen molar-refractivity contribution in [3.8, 4) is 0 Å². The molecule has 1 aliphatic rings. The maximum Gasteiger partial charge on any atom is 0.0975 e. The predicted octanol–water partition coefficient (Wildman–Crippen LogP) is 3.02. The van der Waals surface area contributed by atoms with Gasteiger partial charge in [-0.15, -0.1) is 0 Å². The summed E-state index contributed by atoms with van der Waals surface area (Å²) in [4.78, 5) is 0. The zero-order chi connectivity index (χ0) is 11.7. The molecule has 2 heteroatoms. The molecule has 17 heavy (non-hydrogen) atoms. The summed E-state index contributed by atoms with van der Waals surface area (Å²) in [6.07, 6.45) is 2.19. The fourth-order valence-corrected chi connectivity index (χ4v) is 2.53. The van der Waals surface area contributed by atoms with Gasteiger partial charge < -0.3 is 10.5 Å². The van der Waals surface area contributed by atoms with Crippen LogP contribution in [-0.2, 0) is 4.74 Å². The zero-order valence-electron chi connectivity index (χ0n) is 9.80. The maximum absolute atomic E-state index is 6.13. The van der Waals surface area contributed by atoms with Crippen LogP contribution in [0.25, 0.3) is 10.8 Å². The number of hydrogen-bond acceptors (Lipinski definition) is 2. The van der Waals surface area contributed by atoms with Gasteiger partial charge in [0.2, 0.25) is 0 Å². The summed E-state index contributed by atoms with van der Waals surface area (Å²) in [7, 11) is 0. The van der Waals surface area contributed by atoms with E-state index in [-0.39, 0.29) is 12.1 Å². The Labute approximate surface area is 101 Å². The Morgan fingerprint density at radius 1 is 1.06 bits per heavy atom. The molecule has 1 heterocycles. The fraction of sp³-hybridized carbons (Fsp3) is 0.333. The van der Waals surface area contributed by atoms with Crippen molar-refractivity contribution in [3.05, 3.63) is 48.0 Å². The normalized spacial score (nSPS) is 25.0. The van der Waals surface area contributed by atoms with Crippen LogP contribution in [0.15, 0.2) is 42.5 Å². The average Bonchev–Trinajstić information content (AvgIpc) is 2.39. The molecular weight excluding hydrogens is 210 g/mol. The van der Waals surface area contributed by atoms with Crippen molar-refractivity contribution in [2.45, 2.75) is 25.0 Å². The number of benzene rings is 2. The first-order chi connectivity index (χ1) is 8.34. The molecule has 88 valence electrons. The van der Waals surface area contributed by atoms with Gasteiger partial charge in [-0.05, 0) is 35.2 Å². The van der Waals surface area contributed by atoms with E-state index >= 15 is 0 Å². The summed E-state index contributed by atoms with van der Waals surface area (Å²) in [6, 6.07) is 15.0. The third-order valence-electron chi connectivity index (χ3n) is 3.47. The van der Waals surface area contributed by atoms with Gasteiger partial charge in [0.05, 0.1) is 6.10 Å². The van der Waals surface area contributed by atoms with E-state index in [1.54, 1.807) is 0 Å². The summed E-state index contributed by atoms with van der Waals surface area (Å²) in [5.74, 6) is 0. The minimum absolute atomic E-state index is 0.0633. The minimum atomic E-state index is 0.0633. The molecule has 1 saturated heterocycles. The third kappa shape index (κ3) is 2.06. The lowest BCUT2D eigenvalue weighted by atomic mass is 9.95. The molecule has 2 aromatic carbocycles. The number of nitrogens with two attached hydrogens (primary N) is 1. The second kappa shape index (κ2) is 4.47. The molecule has 0 saturated carbocycles. The SMILES string of the molecule is NC1CCCOC1c1ccc2ccccc2c1. The summed E-state index contributed by atoms with van der Waals surface area (Å²) < 4.78 is 5.80. The molecule has 0 aliphatic carbocycles. The second-order valence-electron chi connectivity index (χ2n) is 4.70. The molecule has 2 N–H and O–H groups in total. The van der Waals surface area contributed by atoms with E-state index in [0.29, 0.717) is 0 Å². The van der Waals surface area contributed by atoms with Crippen molar-refractivity contribution in [2.75, 3.05) is 6.61 Å². The molecule has 3 rings (SSSR count). The van der Waals surface area contributed by atoms with Gasteiger partial charge in [-0.1, -0.05) is 36.4 Å². The van der Waals surface area contributed by atoms with Gasteiger partial charge in [0.25, 0.3) is 0 Å². The third-order valence-corrected chi connectivity index (χ3v) is 3.47. The van der Waals surface area contributed by atoms with E-state index < -0.39 is 0 Å². The Balaban J connectivity index is 1.99. The predicted molar refractivity (Wildman–Crippen MR) is 69.9 cm³/mol. The quantitative estimate of drug-likeness (QED) is 0.812. The zero-order valence-corrected chi connectivity index (χ0v) is 9.80. The van der Waals surface area contributed by atoms with Crippen LogP contribution in [0, 0.1) is 0 Å². The van der Waals surface area contributed by atoms with Crippen LogP contribution >= 0.6 is 0 Å². The lowest BCUT2D eigenvalue weighted by Gasteiger charge is -2.29. The van der Waals surface area contributed by atoms with Gasteiger partial charge in [-0.2, -0.15) is 0 Å². The van der Waals surface area contributed by atoms with E-state index in [4.69, 9.17) is 10.5 Å². The molecule has 0 amide bonds. The monoisotopic (exact) mass is 227 g/mol. The van der Waals surface area contributed by atoms with Crippen LogP contribution in [0.5, 0.6) is 0 Å². The first-order valence-electron chi connectivity index (χ1n) is 6.20. The fourth-order valence-electron chi connectivity index (χ4n) is 2.53. The number of ether oxygens (including phenoxy) is 1. The highest BCUT2D eigenvalue weighted by atomic mass is 16.5. The van der Waals surface area contributed by atoms with E-state index in [9.17, 15) is 0 Å². The molecule has 1 aliphatic heterocycles. The molecule has 2 unspecified atom stereocenters. The number of fused-ring (bicyclic) bond motifs is 1. The van der Waals surface area contributed by atoms with Crippen LogP contribution in [0.4, 0.5) is 0 Å². The van der Waals surface area contributed by atoms with Crippen molar-refractivity contribution < 1.29 is 4.74 Å². The highest BCUT2D eigenvalue weighted by Crippen LogP contribution is 2.29. The second-order valence-corrected chi connectivity index (χ2v) is 4.70. The maximum atomic E-state index is 6.13. The van der Waals surface area contributed by atoms with Crippen LogP contribution in [0.3, 0.4) is 0 Å². The van der Waals surface area contributed by atoms with Crippen LogP contribution in [0.2, 0.25) is 0 Å². The Morgan fingerprint density at radius 2 is 1.88 bits per heavy atom. The van der Waals surface area contributed by atoms with Crippen molar-refractivity contribution in [3.63, 3.8) is 0 Å². The van der Waals surface area contributed by atoms with E-state index in [1.165, 1.54) is 16.3 Å². The molecule has 0 bridgehead atoms. The first-order valence-corrected chi connectivity index (χ1v) is 6.20. The van der Waals surface area contributed by atoms with Gasteiger partial charge in [0.15, 0.2) is 0 Å². The molecule has 2 nitrogen and oxygen atoms in total. The molecule has 1 fully saturated rings. The van der Waals surface area contributed by atoms with Crippen molar-refractivity contribution >= 4 is 10.8 Å². The van der Waals surface area contributed by atoms with Crippen LogP contribution in [0.1, 0.15) is 24.5 Å². The van der Waals surface area contributed by atoms with Crippen molar-refractivity contribution in [2.24, 2.45) is 5.73 Å². The standard InChI is InChI=1S/C15H17NO/c16-14-6-3-9-17-15(14)13-8-7-11-4-1-2-5-12(11)10-13/h1-2,4-5,7-8,10,14-15H,3,6,9,16H2. The minimum Gasteiger partial charge on any atom is -0.372 e. The smallest absolute Gasteiger partial charge is 0.0975 e. The van der Waals surface area contributed by atoms with Crippen LogP contribution < -0.4 is 5.73 Å². The topological polar surface area (TPSA) is 35.2 Å². The summed E-state index contributed by atoms with van der Waals surface area (Å²) in [5, 5.41) is 2.52. The highest BCUT2D eigenvalue weighted by Gasteiger charge is 2.24. The Kier molecular flexibility index (Phi) is 2.83. The first kappa shape index (κ1) is 10.8. The number of rotatable bonds is 1. The summed E-state index contributed by atoms with van der Waals surface area (Å²) in [5.41, 5.74) is 7.33. The highest BCUT2D eigenvalue weighted by molar-refractivity contribution is 5.83. The molecule has 2 atom stereocenters. The largest absolute Gasteiger partial charge is 0.372 e. The van der Waals surface area contributed by atoms with E-state index in [0.717, 1.165) is 19.4 Å². The van der Waals surface area contributed by atoms with Gasteiger partial charge in [0, 0.05) is 12.6 Å². The van der Waals surface area contributed by atoms with Crippen LogP contribution in [-0.4, -0.2) is 12.6 Å². The summed E-state index contributed by atoms with van der Waals surface area (Å²) in [6.45, 7) is 0.825. The molecule has 0 spiro atoms. The molecule has 0 aromatic heterocycles. The van der Waals surface area contributed by atoms with Gasteiger partial charge in [-0.3, -0.25) is 0 Å². The Hall–Kier alpha value is -1.38. The molecule has 0 radical (unpaired) electrons. The van der Waals surface area contributed by atoms with Gasteiger partial charge in [-0.25, -0.2) is 0 Å². The van der Waals surface area contributed by atoms with Crippen molar-refractivity contribution in [1.82, 2.24) is 0 Å². The van der Waals surface area contributed by atoms with Crippen molar-refractivity contribution in [1.29, 1.82) is 0 Å². The molecule has 2 aromatic rings. The number of hydrogen-bond donors (Lipinski definition) is 1. The van der Waals surface area contributed by atoms with Gasteiger partial charge in [0.1, 0.15) is 0 Å².